The number of benzene rings is 1. The molecule has 1 saturated carbocycles. The van der Waals surface area contributed by atoms with Gasteiger partial charge in [0.2, 0.25) is 0 Å². The van der Waals surface area contributed by atoms with Gasteiger partial charge in [0.1, 0.15) is 5.82 Å². The van der Waals surface area contributed by atoms with E-state index in [1.54, 1.807) is 0 Å². The maximum Gasteiger partial charge on any atom is 0.314 e. The van der Waals surface area contributed by atoms with E-state index in [4.69, 9.17) is 0 Å². The van der Waals surface area contributed by atoms with Gasteiger partial charge in [-0.3, -0.25) is 4.79 Å². The molecule has 1 fully saturated rings. The van der Waals surface area contributed by atoms with Gasteiger partial charge < -0.3 is 10.1 Å². The van der Waals surface area contributed by atoms with Crippen LogP contribution in [0, 0.1) is 0 Å². The van der Waals surface area contributed by atoms with Crippen LogP contribution in [0.4, 0.5) is 0 Å². The van der Waals surface area contributed by atoms with Gasteiger partial charge >= 0.3 is 5.97 Å². The maximum atomic E-state index is 11.3. The van der Waals surface area contributed by atoms with E-state index in [1.807, 2.05) is 25.1 Å². The van der Waals surface area contributed by atoms with Crippen LogP contribution in [-0.2, 0) is 16.6 Å². The van der Waals surface area contributed by atoms with Crippen molar-refractivity contribution >= 4 is 17.0 Å². The van der Waals surface area contributed by atoms with Crippen LogP contribution in [0.15, 0.2) is 18.2 Å². The first-order chi connectivity index (χ1) is 8.15. The minimum absolute atomic E-state index is 0.633. The monoisotopic (exact) mass is 230 g/mol. The number of imidazole rings is 1. The fourth-order valence-corrected chi connectivity index (χ4v) is 2.28. The first-order valence-corrected chi connectivity index (χ1v) is 5.88. The van der Waals surface area contributed by atoms with E-state index in [0.29, 0.717) is 0 Å². The Hall–Kier alpha value is -1.84. The Morgan fingerprint density at radius 2 is 2.29 bits per heavy atom. The number of aromatic nitrogens is 2. The van der Waals surface area contributed by atoms with Crippen LogP contribution < -0.4 is 0 Å². The fraction of sp³-hybridized carbons (Fsp3) is 0.385. The van der Waals surface area contributed by atoms with Gasteiger partial charge in [-0.15, -0.1) is 0 Å². The van der Waals surface area contributed by atoms with Crippen molar-refractivity contribution in [1.82, 2.24) is 9.97 Å². The molecule has 3 rings (SSSR count). The van der Waals surface area contributed by atoms with Crippen molar-refractivity contribution in [1.29, 1.82) is 0 Å². The lowest BCUT2D eigenvalue weighted by molar-refractivity contribution is -0.140. The van der Waals surface area contributed by atoms with Gasteiger partial charge in [-0.25, -0.2) is 4.98 Å². The predicted molar refractivity (Wildman–Crippen MR) is 64.0 cm³/mol. The number of aryl methyl sites for hydroxylation is 1. The molecule has 2 aromatic rings. The summed E-state index contributed by atoms with van der Waals surface area (Å²) in [5.41, 5.74) is 2.11. The largest absolute Gasteiger partial charge is 0.481 e. The third-order valence-electron chi connectivity index (χ3n) is 3.58. The van der Waals surface area contributed by atoms with Crippen LogP contribution in [0.1, 0.15) is 31.2 Å². The summed E-state index contributed by atoms with van der Waals surface area (Å²) in [6, 6.07) is 5.73. The lowest BCUT2D eigenvalue weighted by Crippen LogP contribution is -2.19. The lowest BCUT2D eigenvalue weighted by atomic mass is 9.96. The molecule has 1 aliphatic rings. The Labute approximate surface area is 98.7 Å². The number of rotatable bonds is 3. The van der Waals surface area contributed by atoms with Gasteiger partial charge in [-0.1, -0.05) is 13.0 Å². The van der Waals surface area contributed by atoms with Gasteiger partial charge in [0.15, 0.2) is 0 Å². The van der Waals surface area contributed by atoms with Crippen LogP contribution in [0.2, 0.25) is 0 Å². The quantitative estimate of drug-likeness (QED) is 0.849. The molecule has 17 heavy (non-hydrogen) atoms. The number of carbonyl (C=O) groups is 1. The SMILES string of the molecule is CCc1nc2ccc(C3(C(=O)O)CC3)cc2[nH]1. The molecule has 2 N–H and O–H groups in total. The second-order valence-corrected chi connectivity index (χ2v) is 4.66. The Bertz CT molecular complexity index is 596. The van der Waals surface area contributed by atoms with Crippen LogP contribution >= 0.6 is 0 Å². The smallest absolute Gasteiger partial charge is 0.314 e. The molecule has 1 aromatic heterocycles. The minimum Gasteiger partial charge on any atom is -0.481 e. The highest BCUT2D eigenvalue weighted by atomic mass is 16.4. The van der Waals surface area contributed by atoms with Crippen LogP contribution in [-0.4, -0.2) is 21.0 Å². The topological polar surface area (TPSA) is 66.0 Å². The molecule has 1 aliphatic carbocycles. The van der Waals surface area contributed by atoms with Gasteiger partial charge in [-0.05, 0) is 30.5 Å². The number of hydrogen-bond acceptors (Lipinski definition) is 2. The second-order valence-electron chi connectivity index (χ2n) is 4.66. The highest BCUT2D eigenvalue weighted by molar-refractivity contribution is 5.87. The summed E-state index contributed by atoms with van der Waals surface area (Å²) in [5, 5.41) is 9.25. The molecule has 0 atom stereocenters. The molecule has 4 heteroatoms. The Kier molecular flexibility index (Phi) is 2.02. The molecule has 0 bridgehead atoms. The predicted octanol–water partition coefficient (Wildman–Crippen LogP) is 2.24. The van der Waals surface area contributed by atoms with E-state index in [9.17, 15) is 9.90 Å². The van der Waals surface area contributed by atoms with Crippen LogP contribution in [0.25, 0.3) is 11.0 Å². The summed E-state index contributed by atoms with van der Waals surface area (Å²) in [5.74, 6) is 0.226. The zero-order valence-electron chi connectivity index (χ0n) is 9.66. The Morgan fingerprint density at radius 3 is 2.88 bits per heavy atom. The van der Waals surface area contributed by atoms with Gasteiger partial charge in [0, 0.05) is 6.42 Å². The van der Waals surface area contributed by atoms with Gasteiger partial charge in [0.25, 0.3) is 0 Å². The van der Waals surface area contributed by atoms with E-state index in [2.05, 4.69) is 9.97 Å². The highest BCUT2D eigenvalue weighted by Gasteiger charge is 2.51. The lowest BCUT2D eigenvalue weighted by Gasteiger charge is -2.09. The van der Waals surface area contributed by atoms with Gasteiger partial charge in [-0.2, -0.15) is 0 Å². The van der Waals surface area contributed by atoms with E-state index >= 15 is 0 Å². The zero-order chi connectivity index (χ0) is 12.0. The summed E-state index contributed by atoms with van der Waals surface area (Å²) < 4.78 is 0. The molecular formula is C13H14N2O2. The molecular weight excluding hydrogens is 216 g/mol. The van der Waals surface area contributed by atoms with Crippen molar-refractivity contribution in [2.45, 2.75) is 31.6 Å². The average molecular weight is 230 g/mol. The third-order valence-corrected chi connectivity index (χ3v) is 3.58. The highest BCUT2D eigenvalue weighted by Crippen LogP contribution is 2.48. The minimum atomic E-state index is -0.716. The molecule has 4 nitrogen and oxygen atoms in total. The van der Waals surface area contributed by atoms with Crippen molar-refractivity contribution < 1.29 is 9.90 Å². The van der Waals surface area contributed by atoms with Crippen molar-refractivity contribution in [3.63, 3.8) is 0 Å². The molecule has 1 aromatic carbocycles. The molecule has 0 aliphatic heterocycles. The molecule has 0 amide bonds. The summed E-state index contributed by atoms with van der Waals surface area (Å²) in [6.07, 6.45) is 2.33. The molecule has 0 spiro atoms. The van der Waals surface area contributed by atoms with Crippen LogP contribution in [0.3, 0.4) is 0 Å². The number of nitrogens with zero attached hydrogens (tertiary/aromatic N) is 1. The van der Waals surface area contributed by atoms with Gasteiger partial charge in [0.05, 0.1) is 16.4 Å². The number of nitrogens with one attached hydrogen (secondary N) is 1. The zero-order valence-corrected chi connectivity index (χ0v) is 9.66. The number of H-pyrrole nitrogens is 1. The first kappa shape index (κ1) is 10.3. The molecule has 88 valence electrons. The Balaban J connectivity index is 2.10. The first-order valence-electron chi connectivity index (χ1n) is 5.88. The number of hydrogen-bond donors (Lipinski definition) is 2. The fourth-order valence-electron chi connectivity index (χ4n) is 2.28. The molecule has 0 radical (unpaired) electrons. The molecule has 0 unspecified atom stereocenters. The summed E-state index contributed by atoms with van der Waals surface area (Å²) >= 11 is 0. The van der Waals surface area contributed by atoms with Crippen LogP contribution in [0.5, 0.6) is 0 Å². The number of fused-ring (bicyclic) bond motifs is 1. The molecule has 0 saturated heterocycles. The number of carboxylic acid groups (broad SMARTS) is 1. The summed E-state index contributed by atoms with van der Waals surface area (Å²) in [4.78, 5) is 18.9. The van der Waals surface area contributed by atoms with Crippen molar-refractivity contribution in [3.05, 3.63) is 29.6 Å². The van der Waals surface area contributed by atoms with E-state index in [-0.39, 0.29) is 0 Å². The average Bonchev–Trinajstić information content (AvgIpc) is 3.03. The number of aliphatic carboxylic acids is 1. The van der Waals surface area contributed by atoms with Crippen molar-refractivity contribution in [2.24, 2.45) is 0 Å². The van der Waals surface area contributed by atoms with E-state index < -0.39 is 11.4 Å². The van der Waals surface area contributed by atoms with Crippen molar-refractivity contribution in [2.75, 3.05) is 0 Å². The summed E-state index contributed by atoms with van der Waals surface area (Å²) in [6.45, 7) is 2.04. The van der Waals surface area contributed by atoms with E-state index in [0.717, 1.165) is 41.7 Å². The standard InChI is InChI=1S/C13H14N2O2/c1-2-11-14-9-4-3-8(7-10(9)15-11)13(5-6-13)12(16)17/h3-4,7H,2,5-6H2,1H3,(H,14,15)(H,16,17). The summed E-state index contributed by atoms with van der Waals surface area (Å²) in [7, 11) is 0. The van der Waals surface area contributed by atoms with Crippen molar-refractivity contribution in [3.8, 4) is 0 Å². The Morgan fingerprint density at radius 1 is 1.53 bits per heavy atom. The molecule has 1 heterocycles. The third kappa shape index (κ3) is 1.44. The maximum absolute atomic E-state index is 11.3. The second kappa shape index (κ2) is 3.32. The number of carboxylic acids is 1. The van der Waals surface area contributed by atoms with E-state index in [1.165, 1.54) is 0 Å². The normalized spacial score (nSPS) is 17.2. The number of aromatic amines is 1.